The van der Waals surface area contributed by atoms with Gasteiger partial charge < -0.3 is 15.0 Å². The lowest BCUT2D eigenvalue weighted by Gasteiger charge is -2.33. The number of thioether (sulfide) groups is 1. The number of benzene rings is 1. The van der Waals surface area contributed by atoms with Crippen LogP contribution in [-0.4, -0.2) is 47.1 Å². The first-order valence-corrected chi connectivity index (χ1v) is 10.3. The third-order valence-corrected chi connectivity index (χ3v) is 6.61. The van der Waals surface area contributed by atoms with Crippen molar-refractivity contribution in [3.05, 3.63) is 34.3 Å². The first-order chi connectivity index (χ1) is 12.3. The van der Waals surface area contributed by atoms with Crippen LogP contribution >= 0.6 is 27.7 Å². The van der Waals surface area contributed by atoms with Crippen LogP contribution in [0.25, 0.3) is 0 Å². The molecule has 8 heteroatoms. The summed E-state index contributed by atoms with van der Waals surface area (Å²) in [5.41, 5.74) is 1.00. The van der Waals surface area contributed by atoms with Crippen LogP contribution in [0.4, 0.5) is 0 Å². The molecule has 2 fully saturated rings. The number of nitrogens with one attached hydrogen (secondary N) is 1. The summed E-state index contributed by atoms with van der Waals surface area (Å²) in [7, 11) is 0. The van der Waals surface area contributed by atoms with Crippen LogP contribution in [0.3, 0.4) is 0 Å². The number of amides is 2. The fraction of sp³-hybridized carbons (Fsp3) is 0.500. The summed E-state index contributed by atoms with van der Waals surface area (Å²) in [5.74, 6) is -0.449. The Labute approximate surface area is 165 Å². The van der Waals surface area contributed by atoms with E-state index in [-0.39, 0.29) is 24.5 Å². The van der Waals surface area contributed by atoms with E-state index in [1.807, 2.05) is 38.1 Å². The van der Waals surface area contributed by atoms with Gasteiger partial charge >= 0.3 is 5.97 Å². The van der Waals surface area contributed by atoms with Crippen molar-refractivity contribution in [1.82, 2.24) is 10.2 Å². The van der Waals surface area contributed by atoms with E-state index in [1.165, 1.54) is 0 Å². The molecule has 1 N–H and O–H groups in total. The highest BCUT2D eigenvalue weighted by molar-refractivity contribution is 9.10. The van der Waals surface area contributed by atoms with E-state index < -0.39 is 16.9 Å². The Bertz CT molecular complexity index is 724. The van der Waals surface area contributed by atoms with Crippen molar-refractivity contribution >= 4 is 45.5 Å². The second kappa shape index (κ2) is 7.60. The van der Waals surface area contributed by atoms with Crippen molar-refractivity contribution in [2.75, 3.05) is 12.4 Å². The molecule has 0 spiro atoms. The van der Waals surface area contributed by atoms with Gasteiger partial charge in [0, 0.05) is 22.7 Å². The Balaban J connectivity index is 1.74. The number of esters is 1. The molecule has 3 rings (SSSR count). The van der Waals surface area contributed by atoms with E-state index in [1.54, 1.807) is 16.7 Å². The number of carbonyl (C=O) groups is 3. The van der Waals surface area contributed by atoms with Gasteiger partial charge in [-0.3, -0.25) is 9.59 Å². The molecule has 0 radical (unpaired) electrons. The second-order valence-electron chi connectivity index (χ2n) is 6.71. The molecule has 26 heavy (non-hydrogen) atoms. The molecule has 2 amide bonds. The van der Waals surface area contributed by atoms with Gasteiger partial charge in [0.25, 0.3) is 5.91 Å². The fourth-order valence-electron chi connectivity index (χ4n) is 3.42. The van der Waals surface area contributed by atoms with Gasteiger partial charge in [0.1, 0.15) is 10.9 Å². The third-order valence-electron chi connectivity index (χ3n) is 4.49. The van der Waals surface area contributed by atoms with Gasteiger partial charge in [0.2, 0.25) is 5.91 Å². The van der Waals surface area contributed by atoms with Gasteiger partial charge in [-0.05, 0) is 38.0 Å². The Hall–Kier alpha value is -1.54. The number of fused-ring (bicyclic) bond motifs is 1. The summed E-state index contributed by atoms with van der Waals surface area (Å²) in [6.07, 6.45) is 1.07. The molecule has 140 valence electrons. The van der Waals surface area contributed by atoms with E-state index in [2.05, 4.69) is 21.2 Å². The lowest BCUT2D eigenvalue weighted by Crippen LogP contribution is -2.47. The van der Waals surface area contributed by atoms with Crippen LogP contribution in [0.1, 0.15) is 32.3 Å². The molecular formula is C18H21BrN2O4S. The van der Waals surface area contributed by atoms with Crippen molar-refractivity contribution < 1.29 is 19.1 Å². The van der Waals surface area contributed by atoms with Gasteiger partial charge in [-0.15, -0.1) is 11.8 Å². The maximum atomic E-state index is 12.5. The minimum absolute atomic E-state index is 0.0200. The summed E-state index contributed by atoms with van der Waals surface area (Å²) in [5, 5.41) is 2.68. The number of rotatable bonds is 5. The second-order valence-corrected chi connectivity index (χ2v) is 8.92. The molecule has 6 nitrogen and oxygen atoms in total. The topological polar surface area (TPSA) is 75.7 Å². The molecule has 1 aromatic carbocycles. The number of ether oxygens (including phenoxy) is 1. The Morgan fingerprint density at radius 2 is 2.08 bits per heavy atom. The lowest BCUT2D eigenvalue weighted by atomic mass is 10.0. The van der Waals surface area contributed by atoms with Gasteiger partial charge in [-0.25, -0.2) is 4.79 Å². The van der Waals surface area contributed by atoms with Crippen LogP contribution in [0, 0.1) is 0 Å². The van der Waals surface area contributed by atoms with E-state index in [0.29, 0.717) is 18.6 Å². The molecule has 0 unspecified atom stereocenters. The van der Waals surface area contributed by atoms with E-state index in [0.717, 1.165) is 10.0 Å². The summed E-state index contributed by atoms with van der Waals surface area (Å²) in [6, 6.07) is 7.15. The summed E-state index contributed by atoms with van der Waals surface area (Å²) in [6.45, 7) is 3.34. The van der Waals surface area contributed by atoms with E-state index in [9.17, 15) is 14.4 Å². The van der Waals surface area contributed by atoms with Crippen LogP contribution in [0.2, 0.25) is 0 Å². The molecular weight excluding hydrogens is 420 g/mol. The number of carbonyl (C=O) groups excluding carboxylic acids is 3. The van der Waals surface area contributed by atoms with Crippen LogP contribution < -0.4 is 5.32 Å². The molecule has 2 aliphatic heterocycles. The first-order valence-electron chi connectivity index (χ1n) is 8.51. The summed E-state index contributed by atoms with van der Waals surface area (Å²) in [4.78, 5) is 37.9. The highest BCUT2D eigenvalue weighted by atomic mass is 79.9. The normalized spacial score (nSPS) is 24.7. The molecule has 2 aliphatic rings. The van der Waals surface area contributed by atoms with Gasteiger partial charge in [-0.1, -0.05) is 28.1 Å². The molecule has 1 aromatic rings. The smallest absolute Gasteiger partial charge is 0.330 e. The zero-order chi connectivity index (χ0) is 18.9. The van der Waals surface area contributed by atoms with Crippen molar-refractivity contribution in [1.29, 1.82) is 0 Å². The van der Waals surface area contributed by atoms with Crippen molar-refractivity contribution in [3.8, 4) is 0 Å². The number of hydrogen-bond donors (Lipinski definition) is 1. The van der Waals surface area contributed by atoms with E-state index in [4.69, 9.17) is 4.74 Å². The average Bonchev–Trinajstić information content (AvgIpc) is 3.12. The predicted octanol–water partition coefficient (Wildman–Crippen LogP) is 2.41. The molecule has 0 aliphatic carbocycles. The average molecular weight is 441 g/mol. The molecule has 0 bridgehead atoms. The SMILES string of the molecule is CC(C)NC(=O)COC(=O)[C@H]1CS[C@]2(c3ccc(Br)cc3)CCC(=O)N12. The molecule has 2 heterocycles. The van der Waals surface area contributed by atoms with Crippen LogP contribution in [-0.2, 0) is 24.0 Å². The number of nitrogens with zero attached hydrogens (tertiary/aromatic N) is 1. The number of halogens is 1. The predicted molar refractivity (Wildman–Crippen MR) is 102 cm³/mol. The highest BCUT2D eigenvalue weighted by Crippen LogP contribution is 2.54. The van der Waals surface area contributed by atoms with Crippen molar-refractivity contribution in [2.45, 2.75) is 43.6 Å². The summed E-state index contributed by atoms with van der Waals surface area (Å²) < 4.78 is 6.14. The Morgan fingerprint density at radius 1 is 1.38 bits per heavy atom. The van der Waals surface area contributed by atoms with Gasteiger partial charge in [0.05, 0.1) is 0 Å². The van der Waals surface area contributed by atoms with Crippen molar-refractivity contribution in [2.24, 2.45) is 0 Å². The van der Waals surface area contributed by atoms with Crippen LogP contribution in [0.5, 0.6) is 0 Å². The maximum absolute atomic E-state index is 12.5. The Morgan fingerprint density at radius 3 is 2.73 bits per heavy atom. The molecule has 2 atom stereocenters. The number of hydrogen-bond acceptors (Lipinski definition) is 5. The lowest BCUT2D eigenvalue weighted by molar-refractivity contribution is -0.156. The van der Waals surface area contributed by atoms with Crippen molar-refractivity contribution in [3.63, 3.8) is 0 Å². The zero-order valence-electron chi connectivity index (χ0n) is 14.7. The standard InChI is InChI=1S/C18H21BrN2O4S/c1-11(2)20-15(22)9-25-17(24)14-10-26-18(8-7-16(23)21(14)18)12-3-5-13(19)6-4-12/h3-6,11,14H,7-10H2,1-2H3,(H,20,22)/t14-,18+/m1/s1. The van der Waals surface area contributed by atoms with Crippen LogP contribution in [0.15, 0.2) is 28.7 Å². The third kappa shape index (κ3) is 3.62. The quantitative estimate of drug-likeness (QED) is 0.711. The maximum Gasteiger partial charge on any atom is 0.330 e. The minimum atomic E-state index is -0.662. The van der Waals surface area contributed by atoms with E-state index >= 15 is 0 Å². The van der Waals surface area contributed by atoms with Gasteiger partial charge in [0.15, 0.2) is 6.61 Å². The molecule has 0 aromatic heterocycles. The molecule has 2 saturated heterocycles. The fourth-order valence-corrected chi connectivity index (χ4v) is 5.32. The summed E-state index contributed by atoms with van der Waals surface area (Å²) >= 11 is 5.02. The largest absolute Gasteiger partial charge is 0.454 e. The molecule has 0 saturated carbocycles. The first kappa shape index (κ1) is 19.2. The highest BCUT2D eigenvalue weighted by Gasteiger charge is 2.57. The monoisotopic (exact) mass is 440 g/mol. The zero-order valence-corrected chi connectivity index (χ0v) is 17.1. The minimum Gasteiger partial charge on any atom is -0.454 e. The van der Waals surface area contributed by atoms with Gasteiger partial charge in [-0.2, -0.15) is 0 Å². The Kier molecular flexibility index (Phi) is 5.62.